The maximum Gasteiger partial charge on any atom is 0.229 e. The Morgan fingerprint density at radius 2 is 1.88 bits per heavy atom. The summed E-state index contributed by atoms with van der Waals surface area (Å²) in [5, 5.41) is 2.87. The molecule has 1 amide bonds. The topological polar surface area (TPSA) is 45.2 Å². The SMILES string of the molecule is Cc1ccc(CC(=O)Nc2ccc(N3CCC(C)CC3)cn2)cc1. The summed E-state index contributed by atoms with van der Waals surface area (Å²) in [5.74, 6) is 1.39. The van der Waals surface area contributed by atoms with Crippen LogP contribution < -0.4 is 10.2 Å². The smallest absolute Gasteiger partial charge is 0.229 e. The summed E-state index contributed by atoms with van der Waals surface area (Å²) in [6, 6.07) is 12.0. The monoisotopic (exact) mass is 323 g/mol. The van der Waals surface area contributed by atoms with Crippen molar-refractivity contribution < 1.29 is 4.79 Å². The zero-order valence-corrected chi connectivity index (χ0v) is 14.5. The highest BCUT2D eigenvalue weighted by atomic mass is 16.1. The number of pyridine rings is 1. The van der Waals surface area contributed by atoms with Crippen LogP contribution in [0.5, 0.6) is 0 Å². The fourth-order valence-corrected chi connectivity index (χ4v) is 2.99. The zero-order chi connectivity index (χ0) is 16.9. The quantitative estimate of drug-likeness (QED) is 0.930. The maximum absolute atomic E-state index is 12.1. The highest BCUT2D eigenvalue weighted by molar-refractivity contribution is 5.91. The molecule has 1 aliphatic rings. The molecule has 0 radical (unpaired) electrons. The number of hydrogen-bond acceptors (Lipinski definition) is 3. The first-order chi connectivity index (χ1) is 11.6. The van der Waals surface area contributed by atoms with Crippen molar-refractivity contribution >= 4 is 17.4 Å². The van der Waals surface area contributed by atoms with Gasteiger partial charge < -0.3 is 10.2 Å². The molecule has 0 aliphatic carbocycles. The van der Waals surface area contributed by atoms with Crippen molar-refractivity contribution in [2.45, 2.75) is 33.1 Å². The van der Waals surface area contributed by atoms with Gasteiger partial charge in [-0.05, 0) is 43.4 Å². The minimum absolute atomic E-state index is 0.0362. The molecule has 2 aromatic rings. The molecule has 0 bridgehead atoms. The Hall–Kier alpha value is -2.36. The number of benzene rings is 1. The molecule has 1 aliphatic heterocycles. The van der Waals surface area contributed by atoms with Crippen LogP contribution in [0.4, 0.5) is 11.5 Å². The van der Waals surface area contributed by atoms with E-state index in [-0.39, 0.29) is 5.91 Å². The van der Waals surface area contributed by atoms with Crippen LogP contribution in [0.2, 0.25) is 0 Å². The second-order valence-corrected chi connectivity index (χ2v) is 6.78. The van der Waals surface area contributed by atoms with Gasteiger partial charge in [-0.3, -0.25) is 4.79 Å². The van der Waals surface area contributed by atoms with Crippen LogP contribution in [0, 0.1) is 12.8 Å². The second kappa shape index (κ2) is 7.47. The van der Waals surface area contributed by atoms with Crippen LogP contribution in [0.25, 0.3) is 0 Å². The third-order valence-corrected chi connectivity index (χ3v) is 4.65. The number of nitrogens with zero attached hydrogens (tertiary/aromatic N) is 2. The summed E-state index contributed by atoms with van der Waals surface area (Å²) >= 11 is 0. The molecule has 4 nitrogen and oxygen atoms in total. The van der Waals surface area contributed by atoms with Gasteiger partial charge >= 0.3 is 0 Å². The first kappa shape index (κ1) is 16.5. The van der Waals surface area contributed by atoms with Gasteiger partial charge in [-0.1, -0.05) is 36.8 Å². The van der Waals surface area contributed by atoms with Crippen LogP contribution in [-0.2, 0) is 11.2 Å². The number of anilines is 2. The Bertz CT molecular complexity index is 671. The lowest BCUT2D eigenvalue weighted by Gasteiger charge is -2.31. The molecule has 24 heavy (non-hydrogen) atoms. The van der Waals surface area contributed by atoms with E-state index in [1.54, 1.807) is 0 Å². The van der Waals surface area contributed by atoms with E-state index in [4.69, 9.17) is 0 Å². The van der Waals surface area contributed by atoms with Crippen molar-refractivity contribution in [3.8, 4) is 0 Å². The highest BCUT2D eigenvalue weighted by Gasteiger charge is 2.16. The van der Waals surface area contributed by atoms with Crippen molar-refractivity contribution in [1.82, 2.24) is 4.98 Å². The predicted octanol–water partition coefficient (Wildman–Crippen LogP) is 3.81. The molecule has 1 N–H and O–H groups in total. The van der Waals surface area contributed by atoms with E-state index in [1.165, 1.54) is 18.4 Å². The molecule has 0 atom stereocenters. The van der Waals surface area contributed by atoms with E-state index in [1.807, 2.05) is 49.5 Å². The lowest BCUT2D eigenvalue weighted by molar-refractivity contribution is -0.115. The molecular formula is C20H25N3O. The number of nitrogens with one attached hydrogen (secondary N) is 1. The van der Waals surface area contributed by atoms with Gasteiger partial charge in [0.2, 0.25) is 5.91 Å². The third kappa shape index (κ3) is 4.34. The fourth-order valence-electron chi connectivity index (χ4n) is 2.99. The molecular weight excluding hydrogens is 298 g/mol. The predicted molar refractivity (Wildman–Crippen MR) is 98.4 cm³/mol. The van der Waals surface area contributed by atoms with Gasteiger partial charge in [0.1, 0.15) is 5.82 Å². The van der Waals surface area contributed by atoms with Crippen LogP contribution in [0.1, 0.15) is 30.9 Å². The van der Waals surface area contributed by atoms with Crippen molar-refractivity contribution in [3.63, 3.8) is 0 Å². The lowest BCUT2D eigenvalue weighted by Crippen LogP contribution is -2.32. The van der Waals surface area contributed by atoms with Crippen LogP contribution in [-0.4, -0.2) is 24.0 Å². The number of piperidine rings is 1. The molecule has 4 heteroatoms. The van der Waals surface area contributed by atoms with E-state index in [0.717, 1.165) is 30.3 Å². The summed E-state index contributed by atoms with van der Waals surface area (Å²) in [6.45, 7) is 6.52. The van der Waals surface area contributed by atoms with Crippen molar-refractivity contribution in [2.24, 2.45) is 5.92 Å². The Morgan fingerprint density at radius 1 is 1.17 bits per heavy atom. The molecule has 1 fully saturated rings. The molecule has 3 rings (SSSR count). The molecule has 126 valence electrons. The summed E-state index contributed by atoms with van der Waals surface area (Å²) < 4.78 is 0. The second-order valence-electron chi connectivity index (χ2n) is 6.78. The minimum atomic E-state index is -0.0362. The lowest BCUT2D eigenvalue weighted by atomic mass is 9.99. The van der Waals surface area contributed by atoms with Gasteiger partial charge in [-0.2, -0.15) is 0 Å². The first-order valence-electron chi connectivity index (χ1n) is 8.66. The van der Waals surface area contributed by atoms with E-state index >= 15 is 0 Å². The van der Waals surface area contributed by atoms with E-state index in [0.29, 0.717) is 12.2 Å². The molecule has 0 unspecified atom stereocenters. The number of aryl methyl sites for hydroxylation is 1. The Balaban J connectivity index is 1.55. The van der Waals surface area contributed by atoms with Gasteiger partial charge in [-0.15, -0.1) is 0 Å². The van der Waals surface area contributed by atoms with E-state index in [9.17, 15) is 4.79 Å². The number of rotatable bonds is 4. The number of hydrogen-bond donors (Lipinski definition) is 1. The molecule has 0 spiro atoms. The molecule has 1 aromatic heterocycles. The van der Waals surface area contributed by atoms with Gasteiger partial charge in [-0.25, -0.2) is 4.98 Å². The zero-order valence-electron chi connectivity index (χ0n) is 14.5. The highest BCUT2D eigenvalue weighted by Crippen LogP contribution is 2.23. The minimum Gasteiger partial charge on any atom is -0.370 e. The van der Waals surface area contributed by atoms with Gasteiger partial charge in [0.05, 0.1) is 18.3 Å². The summed E-state index contributed by atoms with van der Waals surface area (Å²) in [5.41, 5.74) is 3.35. The Labute approximate surface area is 143 Å². The Morgan fingerprint density at radius 3 is 2.50 bits per heavy atom. The van der Waals surface area contributed by atoms with Crippen LogP contribution in [0.3, 0.4) is 0 Å². The Kier molecular flexibility index (Phi) is 5.14. The normalized spacial score (nSPS) is 15.3. The largest absolute Gasteiger partial charge is 0.370 e. The van der Waals surface area contributed by atoms with Gasteiger partial charge in [0, 0.05) is 13.1 Å². The number of amides is 1. The van der Waals surface area contributed by atoms with Crippen LogP contribution in [0.15, 0.2) is 42.6 Å². The molecule has 2 heterocycles. The van der Waals surface area contributed by atoms with Crippen molar-refractivity contribution in [3.05, 3.63) is 53.7 Å². The number of carbonyl (C=O) groups excluding carboxylic acids is 1. The number of aromatic nitrogens is 1. The summed E-state index contributed by atoms with van der Waals surface area (Å²) in [4.78, 5) is 18.9. The standard InChI is InChI=1S/C20H25N3O/c1-15-3-5-17(6-4-15)13-20(24)22-19-8-7-18(14-21-19)23-11-9-16(2)10-12-23/h3-8,14,16H,9-13H2,1-2H3,(H,21,22,24). The average molecular weight is 323 g/mol. The van der Waals surface area contributed by atoms with Crippen LogP contribution >= 0.6 is 0 Å². The van der Waals surface area contributed by atoms with E-state index < -0.39 is 0 Å². The summed E-state index contributed by atoms with van der Waals surface area (Å²) in [6.07, 6.45) is 4.69. The third-order valence-electron chi connectivity index (χ3n) is 4.65. The molecule has 0 saturated carbocycles. The molecule has 1 aromatic carbocycles. The summed E-state index contributed by atoms with van der Waals surface area (Å²) in [7, 11) is 0. The fraction of sp³-hybridized carbons (Fsp3) is 0.400. The van der Waals surface area contributed by atoms with Crippen molar-refractivity contribution in [1.29, 1.82) is 0 Å². The average Bonchev–Trinajstić information content (AvgIpc) is 2.58. The molecule has 1 saturated heterocycles. The van der Waals surface area contributed by atoms with Crippen molar-refractivity contribution in [2.75, 3.05) is 23.3 Å². The first-order valence-corrected chi connectivity index (χ1v) is 8.66. The van der Waals surface area contributed by atoms with Gasteiger partial charge in [0.15, 0.2) is 0 Å². The maximum atomic E-state index is 12.1. The number of carbonyl (C=O) groups is 1. The van der Waals surface area contributed by atoms with E-state index in [2.05, 4.69) is 22.1 Å². The van der Waals surface area contributed by atoms with Gasteiger partial charge in [0.25, 0.3) is 0 Å².